The van der Waals surface area contributed by atoms with Crippen molar-refractivity contribution in [2.75, 3.05) is 10.6 Å². The van der Waals surface area contributed by atoms with E-state index in [1.165, 1.54) is 0 Å². The van der Waals surface area contributed by atoms with Crippen LogP contribution in [-0.2, 0) is 6.54 Å². The summed E-state index contributed by atoms with van der Waals surface area (Å²) in [6.45, 7) is 0.596. The monoisotopic (exact) mass is 337 g/mol. The van der Waals surface area contributed by atoms with Crippen molar-refractivity contribution in [2.45, 2.75) is 6.54 Å². The van der Waals surface area contributed by atoms with Gasteiger partial charge in [0.25, 0.3) is 5.91 Å². The quantitative estimate of drug-likeness (QED) is 0.715. The van der Waals surface area contributed by atoms with Gasteiger partial charge in [-0.25, -0.2) is 4.98 Å². The van der Waals surface area contributed by atoms with Crippen molar-refractivity contribution in [1.29, 1.82) is 0 Å². The molecule has 2 N–H and O–H groups in total. The van der Waals surface area contributed by atoms with E-state index in [1.54, 1.807) is 42.6 Å². The lowest BCUT2D eigenvalue weighted by Crippen LogP contribution is -2.15. The number of carbonyl (C=O) groups is 1. The van der Waals surface area contributed by atoms with Crippen LogP contribution in [0.15, 0.2) is 72.9 Å². The molecule has 3 rings (SSSR count). The molecule has 0 fully saturated rings. The number of anilines is 2. The molecule has 0 spiro atoms. The maximum absolute atomic E-state index is 12.5. The van der Waals surface area contributed by atoms with Crippen LogP contribution in [0.25, 0.3) is 0 Å². The van der Waals surface area contributed by atoms with E-state index < -0.39 is 0 Å². The van der Waals surface area contributed by atoms with E-state index in [-0.39, 0.29) is 5.91 Å². The third-order valence-electron chi connectivity index (χ3n) is 3.46. The first kappa shape index (κ1) is 16.0. The van der Waals surface area contributed by atoms with Gasteiger partial charge in [0.15, 0.2) is 0 Å². The molecule has 0 saturated carbocycles. The molecule has 4 nitrogen and oxygen atoms in total. The lowest BCUT2D eigenvalue weighted by molar-refractivity contribution is 0.102. The van der Waals surface area contributed by atoms with Gasteiger partial charge in [-0.3, -0.25) is 4.79 Å². The number of amides is 1. The summed E-state index contributed by atoms with van der Waals surface area (Å²) in [6.07, 6.45) is 1.66. The number of rotatable bonds is 5. The highest BCUT2D eigenvalue weighted by molar-refractivity contribution is 6.30. The van der Waals surface area contributed by atoms with Crippen molar-refractivity contribution < 1.29 is 4.79 Å². The molecular weight excluding hydrogens is 322 g/mol. The van der Waals surface area contributed by atoms with Crippen LogP contribution in [0.3, 0.4) is 0 Å². The van der Waals surface area contributed by atoms with Crippen LogP contribution in [0, 0.1) is 0 Å². The van der Waals surface area contributed by atoms with Gasteiger partial charge in [-0.1, -0.05) is 41.9 Å². The Morgan fingerprint density at radius 3 is 2.46 bits per heavy atom. The van der Waals surface area contributed by atoms with Gasteiger partial charge in [0, 0.05) is 23.5 Å². The molecule has 1 amide bonds. The van der Waals surface area contributed by atoms with E-state index in [9.17, 15) is 4.79 Å². The van der Waals surface area contributed by atoms with E-state index in [4.69, 9.17) is 11.6 Å². The highest BCUT2D eigenvalue weighted by Gasteiger charge is 2.12. The molecule has 0 unspecified atom stereocenters. The highest BCUT2D eigenvalue weighted by atomic mass is 35.5. The maximum atomic E-state index is 12.5. The molecule has 120 valence electrons. The Bertz CT molecular complexity index is 820. The fourth-order valence-electron chi connectivity index (χ4n) is 2.24. The zero-order valence-electron chi connectivity index (χ0n) is 12.9. The normalized spacial score (nSPS) is 10.2. The molecule has 0 aliphatic carbocycles. The fraction of sp³-hybridized carbons (Fsp3) is 0.0526. The van der Waals surface area contributed by atoms with E-state index in [1.807, 2.05) is 30.3 Å². The summed E-state index contributed by atoms with van der Waals surface area (Å²) in [5, 5.41) is 6.68. The smallest absolute Gasteiger partial charge is 0.259 e. The second-order valence-corrected chi connectivity index (χ2v) is 5.64. The lowest BCUT2D eigenvalue weighted by atomic mass is 10.2. The predicted octanol–water partition coefficient (Wildman–Crippen LogP) is 4.60. The topological polar surface area (TPSA) is 54.0 Å². The molecular formula is C19H16ClN3O. The molecule has 0 aliphatic heterocycles. The van der Waals surface area contributed by atoms with E-state index in [0.29, 0.717) is 28.6 Å². The number of carbonyl (C=O) groups excluding carboxylic acids is 1. The summed E-state index contributed by atoms with van der Waals surface area (Å²) in [7, 11) is 0. The second-order valence-electron chi connectivity index (χ2n) is 5.20. The molecule has 0 aliphatic rings. The molecule has 2 aromatic carbocycles. The van der Waals surface area contributed by atoms with Crippen LogP contribution in [0.5, 0.6) is 0 Å². The van der Waals surface area contributed by atoms with Crippen molar-refractivity contribution in [1.82, 2.24) is 4.98 Å². The number of nitrogens with zero attached hydrogens (tertiary/aromatic N) is 1. The number of hydrogen-bond acceptors (Lipinski definition) is 3. The fourth-order valence-corrected chi connectivity index (χ4v) is 2.37. The Labute approximate surface area is 145 Å². The number of halogens is 1. The van der Waals surface area contributed by atoms with Crippen molar-refractivity contribution in [3.63, 3.8) is 0 Å². The summed E-state index contributed by atoms with van der Waals surface area (Å²) in [6, 6.07) is 20.4. The van der Waals surface area contributed by atoms with E-state index >= 15 is 0 Å². The maximum Gasteiger partial charge on any atom is 0.259 e. The van der Waals surface area contributed by atoms with Gasteiger partial charge in [0.1, 0.15) is 5.82 Å². The Hall–Kier alpha value is -2.85. The van der Waals surface area contributed by atoms with Gasteiger partial charge in [-0.2, -0.15) is 0 Å². The number of nitrogens with one attached hydrogen (secondary N) is 2. The van der Waals surface area contributed by atoms with Gasteiger partial charge in [-0.05, 0) is 42.0 Å². The third kappa shape index (κ3) is 4.12. The number of benzene rings is 2. The highest BCUT2D eigenvalue weighted by Crippen LogP contribution is 2.17. The van der Waals surface area contributed by atoms with Gasteiger partial charge < -0.3 is 10.6 Å². The molecule has 0 bridgehead atoms. The van der Waals surface area contributed by atoms with Gasteiger partial charge >= 0.3 is 0 Å². The molecule has 1 heterocycles. The molecule has 0 atom stereocenters. The first-order chi connectivity index (χ1) is 11.7. The molecule has 5 heteroatoms. The zero-order valence-corrected chi connectivity index (χ0v) is 13.6. The second kappa shape index (κ2) is 7.62. The SMILES string of the molecule is O=C(Nc1ccc(Cl)cc1)c1cccnc1NCc1ccccc1. The molecule has 0 radical (unpaired) electrons. The number of pyridine rings is 1. The summed E-state index contributed by atoms with van der Waals surface area (Å²) in [5.41, 5.74) is 2.29. The average Bonchev–Trinajstić information content (AvgIpc) is 2.63. The minimum absolute atomic E-state index is 0.221. The first-order valence-electron chi connectivity index (χ1n) is 7.52. The number of aromatic nitrogens is 1. The first-order valence-corrected chi connectivity index (χ1v) is 7.90. The van der Waals surface area contributed by atoms with Gasteiger partial charge in [0.05, 0.1) is 5.56 Å². The van der Waals surface area contributed by atoms with Crippen LogP contribution >= 0.6 is 11.6 Å². The Kier molecular flexibility index (Phi) is 5.08. The standard InChI is InChI=1S/C19H16ClN3O/c20-15-8-10-16(11-9-15)23-19(24)17-7-4-12-21-18(17)22-13-14-5-2-1-3-6-14/h1-12H,13H2,(H,21,22)(H,23,24). The minimum atomic E-state index is -0.221. The summed E-state index contributed by atoms with van der Waals surface area (Å²) < 4.78 is 0. The molecule has 24 heavy (non-hydrogen) atoms. The summed E-state index contributed by atoms with van der Waals surface area (Å²) in [5.74, 6) is 0.328. The summed E-state index contributed by atoms with van der Waals surface area (Å²) in [4.78, 5) is 16.8. The van der Waals surface area contributed by atoms with Crippen molar-refractivity contribution >= 4 is 29.0 Å². The third-order valence-corrected chi connectivity index (χ3v) is 3.71. The zero-order chi connectivity index (χ0) is 16.8. The van der Waals surface area contributed by atoms with Crippen LogP contribution in [-0.4, -0.2) is 10.9 Å². The van der Waals surface area contributed by atoms with E-state index in [0.717, 1.165) is 5.56 Å². The van der Waals surface area contributed by atoms with E-state index in [2.05, 4.69) is 15.6 Å². The van der Waals surface area contributed by atoms with Crippen LogP contribution in [0.2, 0.25) is 5.02 Å². The summed E-state index contributed by atoms with van der Waals surface area (Å²) >= 11 is 5.86. The van der Waals surface area contributed by atoms with Crippen LogP contribution < -0.4 is 10.6 Å². The van der Waals surface area contributed by atoms with Crippen molar-refractivity contribution in [3.8, 4) is 0 Å². The lowest BCUT2D eigenvalue weighted by Gasteiger charge is -2.11. The Balaban J connectivity index is 1.73. The van der Waals surface area contributed by atoms with Gasteiger partial charge in [0.2, 0.25) is 0 Å². The Morgan fingerprint density at radius 2 is 1.71 bits per heavy atom. The number of hydrogen-bond donors (Lipinski definition) is 2. The minimum Gasteiger partial charge on any atom is -0.365 e. The largest absolute Gasteiger partial charge is 0.365 e. The van der Waals surface area contributed by atoms with Crippen LogP contribution in [0.4, 0.5) is 11.5 Å². The molecule has 1 aromatic heterocycles. The van der Waals surface area contributed by atoms with Crippen molar-refractivity contribution in [3.05, 3.63) is 89.1 Å². The van der Waals surface area contributed by atoms with Crippen LogP contribution in [0.1, 0.15) is 15.9 Å². The average molecular weight is 338 g/mol. The molecule has 3 aromatic rings. The van der Waals surface area contributed by atoms with Gasteiger partial charge in [-0.15, -0.1) is 0 Å². The Morgan fingerprint density at radius 1 is 0.958 bits per heavy atom. The van der Waals surface area contributed by atoms with Crippen molar-refractivity contribution in [2.24, 2.45) is 0 Å². The molecule has 0 saturated heterocycles. The predicted molar refractivity (Wildman–Crippen MR) is 97.4 cm³/mol.